The molecule has 3 rings (SSSR count). The summed E-state index contributed by atoms with van der Waals surface area (Å²) in [6, 6.07) is 18.5. The molecule has 0 atom stereocenters. The highest BCUT2D eigenvalue weighted by molar-refractivity contribution is 7.89. The lowest BCUT2D eigenvalue weighted by Gasteiger charge is -2.17. The van der Waals surface area contributed by atoms with Crippen LogP contribution in [0, 0.1) is 11.3 Å². The number of rotatable bonds is 9. The molecule has 3 aromatic rings. The van der Waals surface area contributed by atoms with Crippen LogP contribution in [0.15, 0.2) is 78.0 Å². The van der Waals surface area contributed by atoms with E-state index < -0.39 is 15.9 Å². The molecule has 0 saturated heterocycles. The van der Waals surface area contributed by atoms with Gasteiger partial charge in [-0.3, -0.25) is 9.78 Å². The van der Waals surface area contributed by atoms with Gasteiger partial charge in [0.15, 0.2) is 0 Å². The van der Waals surface area contributed by atoms with Gasteiger partial charge in [-0.25, -0.2) is 8.42 Å². The number of carbonyl (C=O) groups excluding carboxylic acids is 1. The van der Waals surface area contributed by atoms with Crippen LogP contribution in [-0.2, 0) is 28.0 Å². The minimum absolute atomic E-state index is 0.0219. The molecule has 0 aliphatic rings. The minimum atomic E-state index is -3.83. The molecular weight excluding hydrogens is 428 g/mol. The zero-order valence-electron chi connectivity index (χ0n) is 17.4. The van der Waals surface area contributed by atoms with Crippen molar-refractivity contribution < 1.29 is 17.9 Å². The number of nitrogens with zero attached hydrogens (tertiary/aromatic N) is 3. The summed E-state index contributed by atoms with van der Waals surface area (Å²) in [5.41, 5.74) is 2.17. The molecule has 0 bridgehead atoms. The topological polar surface area (TPSA) is 112 Å². The molecule has 0 fully saturated rings. The van der Waals surface area contributed by atoms with Crippen molar-refractivity contribution in [3.05, 3.63) is 89.7 Å². The van der Waals surface area contributed by atoms with Crippen molar-refractivity contribution in [1.82, 2.24) is 14.6 Å². The van der Waals surface area contributed by atoms with Gasteiger partial charge in [-0.1, -0.05) is 18.2 Å². The first-order valence-corrected chi connectivity index (χ1v) is 11.2. The van der Waals surface area contributed by atoms with Crippen LogP contribution in [-0.4, -0.2) is 37.2 Å². The summed E-state index contributed by atoms with van der Waals surface area (Å²) in [4.78, 5) is 16.3. The Labute approximate surface area is 187 Å². The van der Waals surface area contributed by atoms with Crippen molar-refractivity contribution in [3.8, 4) is 11.8 Å². The Kier molecular flexibility index (Phi) is 7.54. The summed E-state index contributed by atoms with van der Waals surface area (Å²) in [5.74, 6) is 0.263. The van der Waals surface area contributed by atoms with Crippen molar-refractivity contribution >= 4 is 15.9 Å². The quantitative estimate of drug-likeness (QED) is 0.536. The molecule has 1 N–H and O–H groups in total. The van der Waals surface area contributed by atoms with E-state index in [1.165, 1.54) is 31.3 Å². The molecule has 0 aliphatic heterocycles. The molecule has 1 aromatic heterocycles. The highest BCUT2D eigenvalue weighted by Gasteiger charge is 2.22. The van der Waals surface area contributed by atoms with Crippen molar-refractivity contribution in [2.24, 2.45) is 0 Å². The number of nitrogens with one attached hydrogen (secondary N) is 1. The SMILES string of the molecule is CN(CC(=O)NCc1ccc(OCc2cccnc2)cc1)S(=O)(=O)c1ccc(C#N)cc1. The maximum absolute atomic E-state index is 12.6. The standard InChI is InChI=1S/C23H22N4O4S/c1-27(32(29,30)22-10-6-18(13-24)7-11-22)16-23(28)26-15-19-4-8-21(9-5-19)31-17-20-3-2-12-25-14-20/h2-12,14H,15-17H2,1H3,(H,26,28). The van der Waals surface area contributed by atoms with Crippen LogP contribution >= 0.6 is 0 Å². The van der Waals surface area contributed by atoms with Crippen LogP contribution in [0.4, 0.5) is 0 Å². The third-order valence-corrected chi connectivity index (χ3v) is 6.42. The van der Waals surface area contributed by atoms with Gasteiger partial charge in [0.05, 0.1) is 23.1 Å². The Balaban J connectivity index is 1.49. The third-order valence-electron chi connectivity index (χ3n) is 4.60. The molecule has 8 nitrogen and oxygen atoms in total. The van der Waals surface area contributed by atoms with Gasteiger partial charge in [0.2, 0.25) is 15.9 Å². The molecule has 0 unspecified atom stereocenters. The number of carbonyl (C=O) groups is 1. The van der Waals surface area contributed by atoms with E-state index in [0.717, 1.165) is 15.4 Å². The number of sulfonamides is 1. The minimum Gasteiger partial charge on any atom is -0.489 e. The third kappa shape index (κ3) is 6.14. The summed E-state index contributed by atoms with van der Waals surface area (Å²) < 4.78 is 31.8. The maximum atomic E-state index is 12.6. The van der Waals surface area contributed by atoms with Crippen molar-refractivity contribution in [2.45, 2.75) is 18.0 Å². The Hall–Kier alpha value is -3.74. The first-order chi connectivity index (χ1) is 15.4. The van der Waals surface area contributed by atoms with Crippen LogP contribution in [0.5, 0.6) is 5.75 Å². The fourth-order valence-electron chi connectivity index (χ4n) is 2.78. The Bertz CT molecular complexity index is 1190. The first-order valence-electron chi connectivity index (χ1n) is 9.72. The largest absolute Gasteiger partial charge is 0.489 e. The average molecular weight is 451 g/mol. The molecule has 0 radical (unpaired) electrons. The van der Waals surface area contributed by atoms with Crippen LogP contribution < -0.4 is 10.1 Å². The monoisotopic (exact) mass is 450 g/mol. The van der Waals surface area contributed by atoms with Gasteiger partial charge in [-0.05, 0) is 48.0 Å². The number of amides is 1. The van der Waals surface area contributed by atoms with Gasteiger partial charge in [0.1, 0.15) is 12.4 Å². The number of aromatic nitrogens is 1. The smallest absolute Gasteiger partial charge is 0.243 e. The van der Waals surface area contributed by atoms with Gasteiger partial charge in [0.25, 0.3) is 0 Å². The summed E-state index contributed by atoms with van der Waals surface area (Å²) in [6.45, 7) is 0.338. The first kappa shape index (κ1) is 22.9. The van der Waals surface area contributed by atoms with Crippen LogP contribution in [0.3, 0.4) is 0 Å². The summed E-state index contributed by atoms with van der Waals surface area (Å²) >= 11 is 0. The van der Waals surface area contributed by atoms with Gasteiger partial charge >= 0.3 is 0 Å². The van der Waals surface area contributed by atoms with E-state index in [9.17, 15) is 13.2 Å². The molecule has 9 heteroatoms. The maximum Gasteiger partial charge on any atom is 0.243 e. The van der Waals surface area contributed by atoms with E-state index in [1.54, 1.807) is 24.5 Å². The average Bonchev–Trinajstić information content (AvgIpc) is 2.82. The summed E-state index contributed by atoms with van der Waals surface area (Å²) in [6.07, 6.45) is 3.44. The summed E-state index contributed by atoms with van der Waals surface area (Å²) in [7, 11) is -2.50. The van der Waals surface area contributed by atoms with Crippen molar-refractivity contribution in [2.75, 3.05) is 13.6 Å². The van der Waals surface area contributed by atoms with E-state index in [4.69, 9.17) is 10.00 Å². The van der Waals surface area contributed by atoms with Gasteiger partial charge in [-0.2, -0.15) is 9.57 Å². The Morgan fingerprint density at radius 1 is 1.09 bits per heavy atom. The molecule has 0 saturated carbocycles. The number of hydrogen-bond donors (Lipinski definition) is 1. The molecule has 2 aromatic carbocycles. The Morgan fingerprint density at radius 2 is 1.81 bits per heavy atom. The normalized spacial score (nSPS) is 11.0. The number of likely N-dealkylation sites (N-methyl/N-ethyl adjacent to an activating group) is 1. The van der Waals surface area contributed by atoms with E-state index in [0.29, 0.717) is 17.9 Å². The number of ether oxygens (including phenoxy) is 1. The predicted octanol–water partition coefficient (Wildman–Crippen LogP) is 2.47. The highest BCUT2D eigenvalue weighted by atomic mass is 32.2. The molecule has 0 aliphatic carbocycles. The molecule has 32 heavy (non-hydrogen) atoms. The number of pyridine rings is 1. The van der Waals surface area contributed by atoms with E-state index in [2.05, 4.69) is 10.3 Å². The van der Waals surface area contributed by atoms with E-state index in [1.807, 2.05) is 30.3 Å². The van der Waals surface area contributed by atoms with Crippen molar-refractivity contribution in [1.29, 1.82) is 5.26 Å². The zero-order chi connectivity index (χ0) is 23.0. The lowest BCUT2D eigenvalue weighted by molar-refractivity contribution is -0.121. The lowest BCUT2D eigenvalue weighted by Crippen LogP contribution is -2.38. The second-order valence-corrected chi connectivity index (χ2v) is 9.01. The van der Waals surface area contributed by atoms with Crippen LogP contribution in [0.25, 0.3) is 0 Å². The van der Waals surface area contributed by atoms with Crippen molar-refractivity contribution in [3.63, 3.8) is 0 Å². The summed E-state index contributed by atoms with van der Waals surface area (Å²) in [5, 5.41) is 11.5. The zero-order valence-corrected chi connectivity index (χ0v) is 18.2. The van der Waals surface area contributed by atoms with Crippen LogP contribution in [0.1, 0.15) is 16.7 Å². The van der Waals surface area contributed by atoms with Gasteiger partial charge in [-0.15, -0.1) is 0 Å². The lowest BCUT2D eigenvalue weighted by atomic mass is 10.2. The van der Waals surface area contributed by atoms with E-state index >= 15 is 0 Å². The number of benzene rings is 2. The predicted molar refractivity (Wildman–Crippen MR) is 118 cm³/mol. The second-order valence-electron chi connectivity index (χ2n) is 6.97. The molecule has 0 spiro atoms. The van der Waals surface area contributed by atoms with Gasteiger partial charge < -0.3 is 10.1 Å². The van der Waals surface area contributed by atoms with Crippen LogP contribution in [0.2, 0.25) is 0 Å². The molecule has 164 valence electrons. The molecule has 1 amide bonds. The highest BCUT2D eigenvalue weighted by Crippen LogP contribution is 2.16. The fourth-order valence-corrected chi connectivity index (χ4v) is 3.91. The molecule has 1 heterocycles. The fraction of sp³-hybridized carbons (Fsp3) is 0.174. The van der Waals surface area contributed by atoms with Gasteiger partial charge in [0, 0.05) is 31.5 Å². The second kappa shape index (κ2) is 10.5. The number of nitriles is 1. The van der Waals surface area contributed by atoms with E-state index in [-0.39, 0.29) is 18.0 Å². The number of hydrogen-bond acceptors (Lipinski definition) is 6. The molecular formula is C23H22N4O4S. The Morgan fingerprint density at radius 3 is 2.44 bits per heavy atom.